The Labute approximate surface area is 123 Å². The summed E-state index contributed by atoms with van der Waals surface area (Å²) in [5.74, 6) is 0.320. The summed E-state index contributed by atoms with van der Waals surface area (Å²) in [6, 6.07) is 8.39. The Morgan fingerprint density at radius 2 is 2.21 bits per heavy atom. The van der Waals surface area contributed by atoms with E-state index in [1.807, 2.05) is 0 Å². The maximum absolute atomic E-state index is 12.1. The molecule has 0 saturated carbocycles. The molecule has 4 nitrogen and oxygen atoms in total. The molecule has 0 fully saturated rings. The van der Waals surface area contributed by atoms with Gasteiger partial charge in [0.25, 0.3) is 5.91 Å². The Morgan fingerprint density at radius 1 is 1.42 bits per heavy atom. The van der Waals surface area contributed by atoms with E-state index in [9.17, 15) is 4.79 Å². The third kappa shape index (κ3) is 3.24. The third-order valence-electron chi connectivity index (χ3n) is 2.43. The van der Waals surface area contributed by atoms with E-state index in [1.54, 1.807) is 43.6 Å². The van der Waals surface area contributed by atoms with E-state index in [0.29, 0.717) is 26.6 Å². The zero-order valence-corrected chi connectivity index (χ0v) is 12.3. The standard InChI is InChI=1S/C13H10BrClN2O2/c1-19-8-4-5-10(15)11(7-8)17-13(18)9-3-2-6-16-12(9)14/h2-7H,1H3,(H,17,18). The molecular formula is C13H10BrClN2O2. The van der Waals surface area contributed by atoms with E-state index < -0.39 is 0 Å². The normalized spacial score (nSPS) is 10.1. The van der Waals surface area contributed by atoms with Crippen LogP contribution in [-0.2, 0) is 0 Å². The molecule has 0 atom stereocenters. The number of benzene rings is 1. The molecule has 98 valence electrons. The predicted octanol–water partition coefficient (Wildman–Crippen LogP) is 3.76. The molecule has 2 rings (SSSR count). The number of carbonyl (C=O) groups is 1. The van der Waals surface area contributed by atoms with Gasteiger partial charge in [0.1, 0.15) is 10.4 Å². The van der Waals surface area contributed by atoms with Crippen LogP contribution in [0, 0.1) is 0 Å². The van der Waals surface area contributed by atoms with Gasteiger partial charge in [-0.15, -0.1) is 0 Å². The van der Waals surface area contributed by atoms with Crippen LogP contribution in [0.3, 0.4) is 0 Å². The molecule has 0 unspecified atom stereocenters. The summed E-state index contributed by atoms with van der Waals surface area (Å²) in [6.45, 7) is 0. The van der Waals surface area contributed by atoms with Gasteiger partial charge in [0.2, 0.25) is 0 Å². The zero-order valence-electron chi connectivity index (χ0n) is 9.98. The molecule has 1 amide bonds. The Hall–Kier alpha value is -1.59. The fraction of sp³-hybridized carbons (Fsp3) is 0.0769. The van der Waals surface area contributed by atoms with E-state index in [1.165, 1.54) is 0 Å². The lowest BCUT2D eigenvalue weighted by atomic mass is 10.2. The molecule has 1 N–H and O–H groups in total. The quantitative estimate of drug-likeness (QED) is 0.865. The molecule has 0 spiro atoms. The number of rotatable bonds is 3. The Morgan fingerprint density at radius 3 is 2.89 bits per heavy atom. The van der Waals surface area contributed by atoms with Crippen molar-refractivity contribution < 1.29 is 9.53 Å². The van der Waals surface area contributed by atoms with Gasteiger partial charge in [-0.2, -0.15) is 0 Å². The van der Waals surface area contributed by atoms with Crippen LogP contribution in [-0.4, -0.2) is 18.0 Å². The molecule has 2 aromatic rings. The zero-order chi connectivity index (χ0) is 13.8. The summed E-state index contributed by atoms with van der Waals surface area (Å²) in [4.78, 5) is 16.1. The molecule has 0 bridgehead atoms. The summed E-state index contributed by atoms with van der Waals surface area (Å²) >= 11 is 9.25. The summed E-state index contributed by atoms with van der Waals surface area (Å²) in [7, 11) is 1.55. The van der Waals surface area contributed by atoms with Crippen molar-refractivity contribution in [3.05, 3.63) is 51.7 Å². The van der Waals surface area contributed by atoms with Gasteiger partial charge in [0, 0.05) is 12.3 Å². The van der Waals surface area contributed by atoms with Crippen LogP contribution < -0.4 is 10.1 Å². The highest BCUT2D eigenvalue weighted by atomic mass is 79.9. The monoisotopic (exact) mass is 340 g/mol. The number of ether oxygens (including phenoxy) is 1. The van der Waals surface area contributed by atoms with Crippen molar-refractivity contribution in [2.24, 2.45) is 0 Å². The largest absolute Gasteiger partial charge is 0.497 e. The molecule has 0 radical (unpaired) electrons. The maximum atomic E-state index is 12.1. The Kier molecular flexibility index (Phi) is 4.39. The van der Waals surface area contributed by atoms with E-state index in [2.05, 4.69) is 26.2 Å². The third-order valence-corrected chi connectivity index (χ3v) is 3.39. The van der Waals surface area contributed by atoms with Crippen molar-refractivity contribution in [3.8, 4) is 5.75 Å². The summed E-state index contributed by atoms with van der Waals surface area (Å²) in [5.41, 5.74) is 0.920. The van der Waals surface area contributed by atoms with Gasteiger partial charge in [-0.3, -0.25) is 4.79 Å². The molecule has 1 aromatic carbocycles. The number of anilines is 1. The van der Waals surface area contributed by atoms with Crippen LogP contribution in [0.4, 0.5) is 5.69 Å². The van der Waals surface area contributed by atoms with Crippen molar-refractivity contribution in [3.63, 3.8) is 0 Å². The van der Waals surface area contributed by atoms with Crippen molar-refractivity contribution in [2.75, 3.05) is 12.4 Å². The van der Waals surface area contributed by atoms with Crippen LogP contribution in [0.5, 0.6) is 5.75 Å². The lowest BCUT2D eigenvalue weighted by Crippen LogP contribution is -2.13. The van der Waals surface area contributed by atoms with E-state index >= 15 is 0 Å². The van der Waals surface area contributed by atoms with Crippen molar-refractivity contribution in [2.45, 2.75) is 0 Å². The minimum absolute atomic E-state index is 0.296. The SMILES string of the molecule is COc1ccc(Cl)c(NC(=O)c2cccnc2Br)c1. The van der Waals surface area contributed by atoms with Gasteiger partial charge in [-0.1, -0.05) is 11.6 Å². The number of pyridine rings is 1. The van der Waals surface area contributed by atoms with Gasteiger partial charge >= 0.3 is 0 Å². The number of halogens is 2. The first kappa shape index (κ1) is 13.8. The predicted molar refractivity (Wildman–Crippen MR) is 77.9 cm³/mol. The lowest BCUT2D eigenvalue weighted by Gasteiger charge is -2.09. The Bertz CT molecular complexity index is 619. The molecule has 0 saturated heterocycles. The topological polar surface area (TPSA) is 51.2 Å². The number of nitrogens with zero attached hydrogens (tertiary/aromatic N) is 1. The van der Waals surface area contributed by atoms with Crippen molar-refractivity contribution >= 4 is 39.1 Å². The second-order valence-electron chi connectivity index (χ2n) is 3.64. The van der Waals surface area contributed by atoms with Crippen LogP contribution >= 0.6 is 27.5 Å². The minimum Gasteiger partial charge on any atom is -0.497 e. The fourth-order valence-corrected chi connectivity index (χ4v) is 2.07. The van der Waals surface area contributed by atoms with Gasteiger partial charge in [0.05, 0.1) is 23.4 Å². The van der Waals surface area contributed by atoms with E-state index in [-0.39, 0.29) is 5.91 Å². The first-order valence-corrected chi connectivity index (χ1v) is 6.54. The minimum atomic E-state index is -0.296. The first-order valence-electron chi connectivity index (χ1n) is 5.37. The number of hydrogen-bond donors (Lipinski definition) is 1. The molecule has 1 aromatic heterocycles. The number of methoxy groups -OCH3 is 1. The molecule has 0 aliphatic heterocycles. The first-order chi connectivity index (χ1) is 9.11. The average Bonchev–Trinajstić information content (AvgIpc) is 2.41. The number of nitrogens with one attached hydrogen (secondary N) is 1. The van der Waals surface area contributed by atoms with Crippen LogP contribution in [0.2, 0.25) is 5.02 Å². The summed E-state index contributed by atoms with van der Waals surface area (Å²) in [5, 5.41) is 3.16. The molecule has 6 heteroatoms. The fourth-order valence-electron chi connectivity index (χ4n) is 1.47. The molecular weight excluding hydrogens is 332 g/mol. The number of carbonyl (C=O) groups excluding carboxylic acids is 1. The van der Waals surface area contributed by atoms with Crippen LogP contribution in [0.1, 0.15) is 10.4 Å². The molecule has 0 aliphatic rings. The van der Waals surface area contributed by atoms with Gasteiger partial charge < -0.3 is 10.1 Å². The van der Waals surface area contributed by atoms with Gasteiger partial charge in [-0.25, -0.2) is 4.98 Å². The highest BCUT2D eigenvalue weighted by molar-refractivity contribution is 9.10. The number of amides is 1. The highest BCUT2D eigenvalue weighted by Crippen LogP contribution is 2.27. The van der Waals surface area contributed by atoms with E-state index in [4.69, 9.17) is 16.3 Å². The molecule has 19 heavy (non-hydrogen) atoms. The number of aromatic nitrogens is 1. The summed E-state index contributed by atoms with van der Waals surface area (Å²) in [6.07, 6.45) is 1.60. The lowest BCUT2D eigenvalue weighted by molar-refractivity contribution is 0.102. The Balaban J connectivity index is 2.26. The van der Waals surface area contributed by atoms with Crippen LogP contribution in [0.15, 0.2) is 41.1 Å². The molecule has 0 aliphatic carbocycles. The van der Waals surface area contributed by atoms with Crippen molar-refractivity contribution in [1.82, 2.24) is 4.98 Å². The summed E-state index contributed by atoms with van der Waals surface area (Å²) < 4.78 is 5.57. The molecule has 1 heterocycles. The maximum Gasteiger partial charge on any atom is 0.258 e. The highest BCUT2D eigenvalue weighted by Gasteiger charge is 2.12. The number of hydrogen-bond acceptors (Lipinski definition) is 3. The second kappa shape index (κ2) is 6.04. The van der Waals surface area contributed by atoms with Crippen molar-refractivity contribution in [1.29, 1.82) is 0 Å². The van der Waals surface area contributed by atoms with Gasteiger partial charge in [-0.05, 0) is 40.2 Å². The smallest absolute Gasteiger partial charge is 0.258 e. The van der Waals surface area contributed by atoms with Gasteiger partial charge in [0.15, 0.2) is 0 Å². The van der Waals surface area contributed by atoms with Crippen LogP contribution in [0.25, 0.3) is 0 Å². The van der Waals surface area contributed by atoms with E-state index in [0.717, 1.165) is 0 Å². The average molecular weight is 342 g/mol. The second-order valence-corrected chi connectivity index (χ2v) is 4.80.